The maximum Gasteiger partial charge on any atom is 0.0845 e. The molecule has 0 aliphatic heterocycles. The van der Waals surface area contributed by atoms with Gasteiger partial charge in [-0.3, -0.25) is 4.98 Å². The van der Waals surface area contributed by atoms with E-state index in [1.807, 2.05) is 20.8 Å². The summed E-state index contributed by atoms with van der Waals surface area (Å²) in [6, 6.07) is 0. The van der Waals surface area contributed by atoms with E-state index >= 15 is 0 Å². The SMILES string of the molecule is C=C(C)C1CC=C(/C=C/c2nc(C)c(C)nc2C)CC1. The molecule has 1 aliphatic carbocycles. The molecular weight excluding hydrogens is 244 g/mol. The molecule has 1 heterocycles. The molecule has 0 N–H and O–H groups in total. The van der Waals surface area contributed by atoms with Crippen LogP contribution in [0, 0.1) is 26.7 Å². The molecule has 1 unspecified atom stereocenters. The fraction of sp³-hybridized carbons (Fsp3) is 0.444. The Kier molecular flexibility index (Phi) is 4.53. The first-order valence-corrected chi connectivity index (χ1v) is 7.31. The molecule has 0 fully saturated rings. The Morgan fingerprint density at radius 1 is 1.15 bits per heavy atom. The zero-order chi connectivity index (χ0) is 14.7. The van der Waals surface area contributed by atoms with E-state index in [-0.39, 0.29) is 0 Å². The zero-order valence-electron chi connectivity index (χ0n) is 13.0. The Morgan fingerprint density at radius 3 is 2.45 bits per heavy atom. The van der Waals surface area contributed by atoms with E-state index in [9.17, 15) is 0 Å². The molecule has 0 saturated carbocycles. The molecule has 2 heteroatoms. The predicted octanol–water partition coefficient (Wildman–Crippen LogP) is 4.72. The Bertz CT molecular complexity index is 579. The predicted molar refractivity (Wildman–Crippen MR) is 85.5 cm³/mol. The highest BCUT2D eigenvalue weighted by molar-refractivity contribution is 5.52. The molecule has 0 bridgehead atoms. The summed E-state index contributed by atoms with van der Waals surface area (Å²) in [5.41, 5.74) is 6.72. The van der Waals surface area contributed by atoms with Gasteiger partial charge in [0, 0.05) is 0 Å². The van der Waals surface area contributed by atoms with E-state index < -0.39 is 0 Å². The fourth-order valence-electron chi connectivity index (χ4n) is 2.53. The first-order chi connectivity index (χ1) is 9.47. The van der Waals surface area contributed by atoms with Crippen LogP contribution >= 0.6 is 0 Å². The van der Waals surface area contributed by atoms with E-state index in [1.165, 1.54) is 17.6 Å². The third kappa shape index (κ3) is 3.44. The van der Waals surface area contributed by atoms with E-state index in [0.717, 1.165) is 35.6 Å². The second-order valence-corrected chi connectivity index (χ2v) is 5.80. The smallest absolute Gasteiger partial charge is 0.0845 e. The average molecular weight is 268 g/mol. The van der Waals surface area contributed by atoms with Gasteiger partial charge in [0.15, 0.2) is 0 Å². The van der Waals surface area contributed by atoms with Gasteiger partial charge in [-0.1, -0.05) is 29.9 Å². The van der Waals surface area contributed by atoms with Crippen molar-refractivity contribution in [1.82, 2.24) is 9.97 Å². The fourth-order valence-corrected chi connectivity index (χ4v) is 2.53. The van der Waals surface area contributed by atoms with Crippen LogP contribution in [0.4, 0.5) is 0 Å². The summed E-state index contributed by atoms with van der Waals surface area (Å²) < 4.78 is 0. The third-order valence-electron chi connectivity index (χ3n) is 4.12. The maximum absolute atomic E-state index is 4.61. The highest BCUT2D eigenvalue weighted by Gasteiger charge is 2.13. The molecule has 106 valence electrons. The average Bonchev–Trinajstić information content (AvgIpc) is 2.42. The van der Waals surface area contributed by atoms with Crippen molar-refractivity contribution in [1.29, 1.82) is 0 Å². The van der Waals surface area contributed by atoms with Gasteiger partial charge < -0.3 is 0 Å². The van der Waals surface area contributed by atoms with Crippen molar-refractivity contribution in [2.24, 2.45) is 5.92 Å². The molecule has 1 aromatic rings. The first-order valence-electron chi connectivity index (χ1n) is 7.31. The molecule has 0 amide bonds. The minimum atomic E-state index is 0.662. The molecule has 2 nitrogen and oxygen atoms in total. The van der Waals surface area contributed by atoms with Gasteiger partial charge in [0.1, 0.15) is 0 Å². The van der Waals surface area contributed by atoms with Crippen molar-refractivity contribution in [2.75, 3.05) is 0 Å². The summed E-state index contributed by atoms with van der Waals surface area (Å²) in [7, 11) is 0. The van der Waals surface area contributed by atoms with Gasteiger partial charge in [-0.2, -0.15) is 0 Å². The number of hydrogen-bond acceptors (Lipinski definition) is 2. The highest BCUT2D eigenvalue weighted by Crippen LogP contribution is 2.29. The Labute approximate surface area is 122 Å². The van der Waals surface area contributed by atoms with E-state index in [4.69, 9.17) is 0 Å². The zero-order valence-corrected chi connectivity index (χ0v) is 13.0. The lowest BCUT2D eigenvalue weighted by atomic mass is 9.85. The van der Waals surface area contributed by atoms with Crippen LogP contribution in [0.25, 0.3) is 6.08 Å². The summed E-state index contributed by atoms with van der Waals surface area (Å²) in [5.74, 6) is 0.662. The molecule has 1 aliphatic rings. The highest BCUT2D eigenvalue weighted by atomic mass is 14.8. The van der Waals surface area contributed by atoms with Gasteiger partial charge in [0.2, 0.25) is 0 Å². The largest absolute Gasteiger partial charge is 0.254 e. The Hall–Kier alpha value is -1.70. The van der Waals surface area contributed by atoms with Crippen LogP contribution in [-0.4, -0.2) is 9.97 Å². The number of aromatic nitrogens is 2. The summed E-state index contributed by atoms with van der Waals surface area (Å²) in [5, 5.41) is 0. The number of nitrogens with zero attached hydrogens (tertiary/aromatic N) is 2. The van der Waals surface area contributed by atoms with Crippen molar-refractivity contribution in [3.63, 3.8) is 0 Å². The molecule has 0 spiro atoms. The monoisotopic (exact) mass is 268 g/mol. The molecule has 0 radical (unpaired) electrons. The van der Waals surface area contributed by atoms with Gasteiger partial charge in [-0.25, -0.2) is 4.98 Å². The summed E-state index contributed by atoms with van der Waals surface area (Å²) in [6.07, 6.45) is 10.1. The molecule has 0 aromatic carbocycles. The van der Waals surface area contributed by atoms with Crippen molar-refractivity contribution in [3.05, 3.63) is 52.7 Å². The summed E-state index contributed by atoms with van der Waals surface area (Å²) >= 11 is 0. The minimum absolute atomic E-state index is 0.662. The molecular formula is C18H24N2. The van der Waals surface area contributed by atoms with Crippen molar-refractivity contribution in [2.45, 2.75) is 47.0 Å². The number of rotatable bonds is 3. The van der Waals surface area contributed by atoms with Crippen LogP contribution in [0.15, 0.2) is 29.9 Å². The van der Waals surface area contributed by atoms with Crippen molar-refractivity contribution >= 4 is 6.08 Å². The number of hydrogen-bond donors (Lipinski definition) is 0. The van der Waals surface area contributed by atoms with Gasteiger partial charge in [0.05, 0.1) is 22.8 Å². The van der Waals surface area contributed by atoms with Crippen LogP contribution in [0.3, 0.4) is 0 Å². The van der Waals surface area contributed by atoms with Gasteiger partial charge in [-0.05, 0) is 59.0 Å². The van der Waals surface area contributed by atoms with Crippen LogP contribution in [0.2, 0.25) is 0 Å². The number of allylic oxidation sites excluding steroid dienone is 4. The van der Waals surface area contributed by atoms with Crippen molar-refractivity contribution < 1.29 is 0 Å². The van der Waals surface area contributed by atoms with E-state index in [1.54, 1.807) is 0 Å². The van der Waals surface area contributed by atoms with Gasteiger partial charge in [-0.15, -0.1) is 0 Å². The lowest BCUT2D eigenvalue weighted by molar-refractivity contribution is 0.545. The third-order valence-corrected chi connectivity index (χ3v) is 4.12. The van der Waals surface area contributed by atoms with Gasteiger partial charge in [0.25, 0.3) is 0 Å². The molecule has 1 atom stereocenters. The van der Waals surface area contributed by atoms with Crippen LogP contribution in [0.5, 0.6) is 0 Å². The molecule has 2 rings (SSSR count). The topological polar surface area (TPSA) is 25.8 Å². The Balaban J connectivity index is 2.11. The first kappa shape index (κ1) is 14.7. The maximum atomic E-state index is 4.61. The standard InChI is InChI=1S/C18H24N2/c1-12(2)17-9-6-16(7-10-17)8-11-18-15(5)19-13(3)14(4)20-18/h6,8,11,17H,1,7,9-10H2,2-5H3/b11-8+. The van der Waals surface area contributed by atoms with E-state index in [2.05, 4.69) is 41.7 Å². The van der Waals surface area contributed by atoms with Gasteiger partial charge >= 0.3 is 0 Å². The quantitative estimate of drug-likeness (QED) is 0.741. The van der Waals surface area contributed by atoms with Crippen LogP contribution in [0.1, 0.15) is 49.0 Å². The Morgan fingerprint density at radius 2 is 1.85 bits per heavy atom. The molecule has 0 saturated heterocycles. The second kappa shape index (κ2) is 6.17. The lowest BCUT2D eigenvalue weighted by Gasteiger charge is -2.20. The summed E-state index contributed by atoms with van der Waals surface area (Å²) in [6.45, 7) is 12.2. The lowest BCUT2D eigenvalue weighted by Crippen LogP contribution is -2.05. The molecule has 20 heavy (non-hydrogen) atoms. The molecule has 1 aromatic heterocycles. The number of aryl methyl sites for hydroxylation is 3. The second-order valence-electron chi connectivity index (χ2n) is 5.80. The summed E-state index contributed by atoms with van der Waals surface area (Å²) in [4.78, 5) is 9.14. The normalized spacial score (nSPS) is 19.2. The van der Waals surface area contributed by atoms with Crippen LogP contribution in [-0.2, 0) is 0 Å². The van der Waals surface area contributed by atoms with E-state index in [0.29, 0.717) is 5.92 Å². The van der Waals surface area contributed by atoms with Crippen LogP contribution < -0.4 is 0 Å². The minimum Gasteiger partial charge on any atom is -0.254 e. The van der Waals surface area contributed by atoms with Crippen molar-refractivity contribution in [3.8, 4) is 0 Å².